The average molecular weight is 303 g/mol. The van der Waals surface area contributed by atoms with Gasteiger partial charge in [-0.3, -0.25) is 0 Å². The van der Waals surface area contributed by atoms with Crippen molar-refractivity contribution in [3.05, 3.63) is 11.6 Å². The Morgan fingerprint density at radius 3 is 2.68 bits per heavy atom. The van der Waals surface area contributed by atoms with Crippen LogP contribution in [0.5, 0.6) is 0 Å². The summed E-state index contributed by atoms with van der Waals surface area (Å²) < 4.78 is 0. The molecular weight excluding hydrogens is 274 g/mol. The monoisotopic (exact) mass is 303 g/mol. The van der Waals surface area contributed by atoms with Gasteiger partial charge in [-0.05, 0) is 79.6 Å². The third kappa shape index (κ3) is 1.78. The number of hydrogen-bond acceptors (Lipinski definition) is 3. The van der Waals surface area contributed by atoms with Crippen LogP contribution >= 0.6 is 0 Å². The summed E-state index contributed by atoms with van der Waals surface area (Å²) in [7, 11) is 0. The van der Waals surface area contributed by atoms with Crippen molar-refractivity contribution < 1.29 is 10.2 Å². The fraction of sp³-hybridized carbons (Fsp3) is 0.842. The van der Waals surface area contributed by atoms with Crippen LogP contribution in [-0.2, 0) is 0 Å². The van der Waals surface area contributed by atoms with Gasteiger partial charge in [-0.25, -0.2) is 0 Å². The van der Waals surface area contributed by atoms with E-state index in [0.29, 0.717) is 17.8 Å². The van der Waals surface area contributed by atoms with E-state index in [1.165, 1.54) is 5.57 Å². The van der Waals surface area contributed by atoms with Gasteiger partial charge < -0.3 is 15.6 Å². The quantitative estimate of drug-likeness (QED) is 0.643. The topological polar surface area (TPSA) is 64.3 Å². The number of nitrogens with one attached hydrogen (secondary N) is 1. The Bertz CT molecular complexity index is 542. The van der Waals surface area contributed by atoms with Gasteiger partial charge in [0.05, 0.1) is 12.2 Å². The number of rotatable bonds is 0. The highest BCUT2D eigenvalue weighted by Crippen LogP contribution is 2.65. The summed E-state index contributed by atoms with van der Waals surface area (Å²) in [5.41, 5.74) is 2.16. The van der Waals surface area contributed by atoms with Gasteiger partial charge in [0.2, 0.25) is 0 Å². The lowest BCUT2D eigenvalue weighted by molar-refractivity contribution is -0.138. The predicted octanol–water partition coefficient (Wildman–Crippen LogP) is 3.30. The summed E-state index contributed by atoms with van der Waals surface area (Å²) in [5.74, 6) is 1.43. The highest BCUT2D eigenvalue weighted by molar-refractivity contribution is 5.94. The van der Waals surface area contributed by atoms with E-state index in [4.69, 9.17) is 5.41 Å². The fourth-order valence-corrected chi connectivity index (χ4v) is 6.69. The molecule has 0 amide bonds. The standard InChI is InChI=1S/C19H29NO2/c1-18-8-7-12(20)9-11(18)3-4-13-14-5-6-16(22)19(14,2)10-15(21)17(13)18/h9,13-17,20-22H,3-8,10H2,1-2H3. The second-order valence-electron chi connectivity index (χ2n) is 8.82. The van der Waals surface area contributed by atoms with Gasteiger partial charge in [-0.2, -0.15) is 0 Å². The molecular formula is C19H29NO2. The van der Waals surface area contributed by atoms with E-state index in [2.05, 4.69) is 19.9 Å². The van der Waals surface area contributed by atoms with E-state index in [1.54, 1.807) is 0 Å². The van der Waals surface area contributed by atoms with Crippen LogP contribution in [0.2, 0.25) is 0 Å². The Balaban J connectivity index is 1.74. The van der Waals surface area contributed by atoms with Crippen molar-refractivity contribution in [3.8, 4) is 0 Å². The molecule has 0 radical (unpaired) electrons. The third-order valence-corrected chi connectivity index (χ3v) is 7.88. The molecule has 4 aliphatic rings. The van der Waals surface area contributed by atoms with Crippen molar-refractivity contribution in [1.82, 2.24) is 0 Å². The number of aliphatic hydroxyl groups excluding tert-OH is 2. The van der Waals surface area contributed by atoms with Gasteiger partial charge in [0.1, 0.15) is 0 Å². The minimum absolute atomic E-state index is 0.0712. The maximum absolute atomic E-state index is 11.0. The van der Waals surface area contributed by atoms with Crippen molar-refractivity contribution in [2.24, 2.45) is 28.6 Å². The van der Waals surface area contributed by atoms with E-state index in [9.17, 15) is 10.2 Å². The van der Waals surface area contributed by atoms with Crippen LogP contribution in [-0.4, -0.2) is 28.1 Å². The predicted molar refractivity (Wildman–Crippen MR) is 86.8 cm³/mol. The van der Waals surface area contributed by atoms with Crippen molar-refractivity contribution in [1.29, 1.82) is 5.41 Å². The normalized spacial score (nSPS) is 54.3. The molecule has 7 unspecified atom stereocenters. The van der Waals surface area contributed by atoms with Gasteiger partial charge in [0, 0.05) is 5.71 Å². The molecule has 22 heavy (non-hydrogen) atoms. The lowest BCUT2D eigenvalue weighted by Crippen LogP contribution is -2.57. The molecule has 0 aromatic rings. The van der Waals surface area contributed by atoms with Crippen molar-refractivity contribution in [2.75, 3.05) is 0 Å². The lowest BCUT2D eigenvalue weighted by atomic mass is 9.46. The minimum Gasteiger partial charge on any atom is -0.393 e. The van der Waals surface area contributed by atoms with Gasteiger partial charge >= 0.3 is 0 Å². The maximum Gasteiger partial charge on any atom is 0.0597 e. The Labute approximate surface area is 133 Å². The molecule has 3 heteroatoms. The molecule has 3 saturated carbocycles. The van der Waals surface area contributed by atoms with Crippen LogP contribution in [0.3, 0.4) is 0 Å². The molecule has 0 bridgehead atoms. The van der Waals surface area contributed by atoms with Crippen LogP contribution < -0.4 is 0 Å². The third-order valence-electron chi connectivity index (χ3n) is 7.88. The summed E-state index contributed by atoms with van der Waals surface area (Å²) in [5, 5.41) is 29.5. The highest BCUT2D eigenvalue weighted by Gasteiger charge is 2.61. The first-order valence-electron chi connectivity index (χ1n) is 9.01. The first-order chi connectivity index (χ1) is 10.4. The molecule has 7 atom stereocenters. The molecule has 0 aliphatic heterocycles. The molecule has 4 rings (SSSR count). The number of fused-ring (bicyclic) bond motifs is 5. The van der Waals surface area contributed by atoms with Crippen LogP contribution in [0.1, 0.15) is 58.8 Å². The zero-order chi connectivity index (χ0) is 15.7. The molecule has 4 aliphatic carbocycles. The van der Waals surface area contributed by atoms with Crippen LogP contribution in [0, 0.1) is 34.0 Å². The highest BCUT2D eigenvalue weighted by atomic mass is 16.3. The van der Waals surface area contributed by atoms with Crippen molar-refractivity contribution >= 4 is 5.71 Å². The summed E-state index contributed by atoms with van der Waals surface area (Å²) in [6.07, 6.45) is 8.40. The van der Waals surface area contributed by atoms with Crippen molar-refractivity contribution in [3.63, 3.8) is 0 Å². The van der Waals surface area contributed by atoms with Crippen LogP contribution in [0.25, 0.3) is 0 Å². The Hall–Kier alpha value is -0.670. The molecule has 0 spiro atoms. The largest absolute Gasteiger partial charge is 0.393 e. The Morgan fingerprint density at radius 1 is 1.14 bits per heavy atom. The molecule has 0 aromatic carbocycles. The van der Waals surface area contributed by atoms with Gasteiger partial charge in [0.15, 0.2) is 0 Å². The summed E-state index contributed by atoms with van der Waals surface area (Å²) >= 11 is 0. The lowest BCUT2D eigenvalue weighted by Gasteiger charge is -2.59. The summed E-state index contributed by atoms with van der Waals surface area (Å²) in [6.45, 7) is 4.54. The second kappa shape index (κ2) is 4.67. The van der Waals surface area contributed by atoms with E-state index in [1.807, 2.05) is 0 Å². The van der Waals surface area contributed by atoms with Gasteiger partial charge in [-0.1, -0.05) is 19.4 Å². The van der Waals surface area contributed by atoms with E-state index in [-0.39, 0.29) is 23.0 Å². The zero-order valence-electron chi connectivity index (χ0n) is 13.8. The first kappa shape index (κ1) is 14.9. The summed E-state index contributed by atoms with van der Waals surface area (Å²) in [6, 6.07) is 0. The Kier molecular flexibility index (Phi) is 3.16. The number of aliphatic hydroxyl groups is 2. The van der Waals surface area contributed by atoms with Crippen molar-refractivity contribution in [2.45, 2.75) is 71.0 Å². The molecule has 3 N–H and O–H groups in total. The average Bonchev–Trinajstić information content (AvgIpc) is 2.75. The van der Waals surface area contributed by atoms with Gasteiger partial charge in [-0.15, -0.1) is 0 Å². The van der Waals surface area contributed by atoms with E-state index >= 15 is 0 Å². The first-order valence-corrected chi connectivity index (χ1v) is 9.01. The number of allylic oxidation sites excluding steroid dienone is 2. The smallest absolute Gasteiger partial charge is 0.0597 e. The fourth-order valence-electron chi connectivity index (χ4n) is 6.69. The van der Waals surface area contributed by atoms with Gasteiger partial charge in [0.25, 0.3) is 0 Å². The SMILES string of the molecule is CC12CCC(=N)C=C1CCC1C2C(O)CC2(C)C(O)CCC12. The second-order valence-corrected chi connectivity index (χ2v) is 8.82. The molecule has 3 nitrogen and oxygen atoms in total. The maximum atomic E-state index is 11.0. The van der Waals surface area contributed by atoms with E-state index < -0.39 is 0 Å². The molecule has 0 heterocycles. The summed E-state index contributed by atoms with van der Waals surface area (Å²) in [4.78, 5) is 0. The zero-order valence-corrected chi connectivity index (χ0v) is 13.8. The Morgan fingerprint density at radius 2 is 1.91 bits per heavy atom. The van der Waals surface area contributed by atoms with E-state index in [0.717, 1.165) is 50.7 Å². The minimum atomic E-state index is -0.306. The van der Waals surface area contributed by atoms with Crippen LogP contribution in [0.15, 0.2) is 11.6 Å². The molecule has 3 fully saturated rings. The molecule has 0 aromatic heterocycles. The molecule has 0 saturated heterocycles. The number of hydrogen-bond donors (Lipinski definition) is 3. The molecule has 122 valence electrons. The van der Waals surface area contributed by atoms with Crippen LogP contribution in [0.4, 0.5) is 0 Å².